The number of halogens is 1. The van der Waals surface area contributed by atoms with Crippen molar-refractivity contribution in [2.75, 3.05) is 26.7 Å². The van der Waals surface area contributed by atoms with Crippen LogP contribution in [0.5, 0.6) is 0 Å². The average molecular weight is 498 g/mol. The first-order valence-corrected chi connectivity index (χ1v) is 9.06. The van der Waals surface area contributed by atoms with Crippen molar-refractivity contribution in [1.29, 1.82) is 0 Å². The van der Waals surface area contributed by atoms with E-state index < -0.39 is 11.2 Å². The Morgan fingerprint density at radius 3 is 2.22 bits per heavy atom. The first kappa shape index (κ1) is 25.7. The van der Waals surface area contributed by atoms with Crippen molar-refractivity contribution in [3.63, 3.8) is 0 Å². The number of aliphatic imine (C=N–C) groups is 1. The van der Waals surface area contributed by atoms with Gasteiger partial charge >= 0.3 is 12.1 Å². The van der Waals surface area contributed by atoms with Crippen molar-refractivity contribution in [3.05, 3.63) is 0 Å². The Hall–Kier alpha value is -1.26. The third-order valence-corrected chi connectivity index (χ3v) is 3.46. The molecule has 1 rings (SSSR count). The number of rotatable bonds is 3. The number of carbonyl (C=O) groups is 2. The summed E-state index contributed by atoms with van der Waals surface area (Å²) in [6, 6.07) is 0.0427. The topological polar surface area (TPSA) is 92.3 Å². The van der Waals surface area contributed by atoms with Gasteiger partial charge in [0.2, 0.25) is 0 Å². The van der Waals surface area contributed by atoms with Gasteiger partial charge in [-0.25, -0.2) is 4.79 Å². The zero-order chi connectivity index (χ0) is 20.0. The fourth-order valence-electron chi connectivity index (χ4n) is 2.51. The molecule has 1 atom stereocenters. The molecule has 1 saturated heterocycles. The average Bonchev–Trinajstić information content (AvgIpc) is 2.48. The lowest BCUT2D eigenvalue weighted by Gasteiger charge is -2.35. The van der Waals surface area contributed by atoms with Gasteiger partial charge in [-0.05, 0) is 54.4 Å². The first-order chi connectivity index (χ1) is 11.9. The van der Waals surface area contributed by atoms with E-state index in [1.54, 1.807) is 11.9 Å². The maximum absolute atomic E-state index is 12.2. The van der Waals surface area contributed by atoms with Crippen LogP contribution in [-0.4, -0.2) is 66.8 Å². The summed E-state index contributed by atoms with van der Waals surface area (Å²) < 4.78 is 10.7. The summed E-state index contributed by atoms with van der Waals surface area (Å²) in [5.41, 5.74) is -1.03. The summed E-state index contributed by atoms with van der Waals surface area (Å²) in [5, 5.41) is 6.20. The molecule has 9 heteroatoms. The third kappa shape index (κ3) is 11.2. The fourth-order valence-corrected chi connectivity index (χ4v) is 2.51. The molecule has 1 fully saturated rings. The second-order valence-corrected chi connectivity index (χ2v) is 8.42. The van der Waals surface area contributed by atoms with Gasteiger partial charge in [0.15, 0.2) is 5.96 Å². The number of carbonyl (C=O) groups excluding carboxylic acids is 2. The molecule has 0 aromatic rings. The van der Waals surface area contributed by atoms with Gasteiger partial charge in [-0.3, -0.25) is 9.79 Å². The number of esters is 1. The van der Waals surface area contributed by atoms with Crippen LogP contribution < -0.4 is 10.6 Å². The molecule has 1 heterocycles. The monoisotopic (exact) mass is 498 g/mol. The summed E-state index contributed by atoms with van der Waals surface area (Å²) >= 11 is 0. The normalized spacial score (nSPS) is 18.3. The van der Waals surface area contributed by atoms with Crippen LogP contribution in [-0.2, 0) is 14.3 Å². The Bertz CT molecular complexity index is 526. The quantitative estimate of drug-likeness (QED) is 0.269. The zero-order valence-electron chi connectivity index (χ0n) is 17.5. The highest BCUT2D eigenvalue weighted by Crippen LogP contribution is 2.15. The molecule has 1 aliphatic rings. The maximum atomic E-state index is 12.2. The molecule has 1 unspecified atom stereocenters. The van der Waals surface area contributed by atoms with Crippen molar-refractivity contribution in [3.8, 4) is 0 Å². The third-order valence-electron chi connectivity index (χ3n) is 3.46. The van der Waals surface area contributed by atoms with Crippen LogP contribution in [0.4, 0.5) is 4.79 Å². The smallest absolute Gasteiger partial charge is 0.410 e. The molecule has 1 amide bonds. The van der Waals surface area contributed by atoms with Crippen molar-refractivity contribution in [2.24, 2.45) is 4.99 Å². The van der Waals surface area contributed by atoms with Gasteiger partial charge in [-0.2, -0.15) is 0 Å². The van der Waals surface area contributed by atoms with E-state index >= 15 is 0 Å². The number of amides is 1. The molecular formula is C18H35IN4O4. The number of piperidine rings is 1. The van der Waals surface area contributed by atoms with Gasteiger partial charge < -0.3 is 25.0 Å². The fraction of sp³-hybridized carbons (Fsp3) is 0.833. The van der Waals surface area contributed by atoms with E-state index in [0.29, 0.717) is 19.0 Å². The number of likely N-dealkylation sites (tertiary alicyclic amines) is 1. The number of nitrogens with one attached hydrogen (secondary N) is 2. The minimum Gasteiger partial charge on any atom is -0.459 e. The van der Waals surface area contributed by atoms with E-state index in [4.69, 9.17) is 9.47 Å². The van der Waals surface area contributed by atoms with Gasteiger partial charge in [0.1, 0.15) is 17.7 Å². The molecular weight excluding hydrogens is 463 g/mol. The molecule has 0 aliphatic carbocycles. The lowest BCUT2D eigenvalue weighted by molar-refractivity contribution is -0.153. The molecule has 0 spiro atoms. The van der Waals surface area contributed by atoms with Crippen LogP contribution >= 0.6 is 24.0 Å². The predicted octanol–water partition coefficient (Wildman–Crippen LogP) is 2.51. The number of nitrogens with zero attached hydrogens (tertiary/aromatic N) is 2. The summed E-state index contributed by atoms with van der Waals surface area (Å²) in [6.07, 6.45) is 1.48. The Labute approximate surface area is 179 Å². The van der Waals surface area contributed by atoms with Crippen LogP contribution in [0.2, 0.25) is 0 Å². The van der Waals surface area contributed by atoms with E-state index in [1.807, 2.05) is 41.5 Å². The highest BCUT2D eigenvalue weighted by molar-refractivity contribution is 14.0. The molecule has 27 heavy (non-hydrogen) atoms. The van der Waals surface area contributed by atoms with Crippen molar-refractivity contribution in [1.82, 2.24) is 15.5 Å². The van der Waals surface area contributed by atoms with Crippen molar-refractivity contribution >= 4 is 42.0 Å². The number of hydrogen-bond donors (Lipinski definition) is 2. The predicted molar refractivity (Wildman–Crippen MR) is 117 cm³/mol. The lowest BCUT2D eigenvalue weighted by Crippen LogP contribution is -2.53. The van der Waals surface area contributed by atoms with Gasteiger partial charge in [0.05, 0.1) is 0 Å². The van der Waals surface area contributed by atoms with Crippen LogP contribution in [0.25, 0.3) is 0 Å². The van der Waals surface area contributed by atoms with Gasteiger partial charge in [-0.15, -0.1) is 24.0 Å². The van der Waals surface area contributed by atoms with Gasteiger partial charge in [0, 0.05) is 26.2 Å². The van der Waals surface area contributed by atoms with E-state index in [-0.39, 0.29) is 48.6 Å². The highest BCUT2D eigenvalue weighted by Gasteiger charge is 2.28. The Morgan fingerprint density at radius 1 is 1.11 bits per heavy atom. The zero-order valence-corrected chi connectivity index (χ0v) is 19.9. The molecule has 1 aliphatic heterocycles. The van der Waals surface area contributed by atoms with Crippen LogP contribution in [0.1, 0.15) is 54.4 Å². The van der Waals surface area contributed by atoms with Crippen LogP contribution in [0.3, 0.4) is 0 Å². The first-order valence-electron chi connectivity index (χ1n) is 9.06. The minimum absolute atomic E-state index is 0. The van der Waals surface area contributed by atoms with E-state index in [1.165, 1.54) is 0 Å². The minimum atomic E-state index is -0.521. The summed E-state index contributed by atoms with van der Waals surface area (Å²) in [7, 11) is 1.64. The SMILES string of the molecule is CN=C(NCC(=O)OC(C)(C)C)NC1CCCN(C(=O)OC(C)(C)C)C1.I. The summed E-state index contributed by atoms with van der Waals surface area (Å²) in [4.78, 5) is 29.9. The van der Waals surface area contributed by atoms with Crippen LogP contribution in [0.15, 0.2) is 4.99 Å². The summed E-state index contributed by atoms with van der Waals surface area (Å²) in [5.74, 6) is 0.159. The molecule has 8 nitrogen and oxygen atoms in total. The number of hydrogen-bond acceptors (Lipinski definition) is 5. The largest absolute Gasteiger partial charge is 0.459 e. The summed E-state index contributed by atoms with van der Waals surface area (Å²) in [6.45, 7) is 12.3. The molecule has 0 saturated carbocycles. The van der Waals surface area contributed by atoms with Gasteiger partial charge in [0.25, 0.3) is 0 Å². The molecule has 0 aromatic carbocycles. The molecule has 2 N–H and O–H groups in total. The number of guanidine groups is 1. The van der Waals surface area contributed by atoms with E-state index in [2.05, 4.69) is 15.6 Å². The molecule has 158 valence electrons. The Kier molecular flexibility index (Phi) is 10.4. The van der Waals surface area contributed by atoms with E-state index in [0.717, 1.165) is 12.8 Å². The van der Waals surface area contributed by atoms with Gasteiger partial charge in [-0.1, -0.05) is 0 Å². The Balaban J connectivity index is 0.00000676. The highest BCUT2D eigenvalue weighted by atomic mass is 127. The standard InChI is InChI=1S/C18H34N4O4.HI/c1-17(2,3)25-14(23)11-20-15(19-7)21-13-9-8-10-22(12-13)16(24)26-18(4,5)6;/h13H,8-12H2,1-7H3,(H2,19,20,21);1H. The molecule has 0 bridgehead atoms. The Morgan fingerprint density at radius 2 is 1.70 bits per heavy atom. The second kappa shape index (κ2) is 10.9. The number of ether oxygens (including phenoxy) is 2. The van der Waals surface area contributed by atoms with Crippen molar-refractivity contribution in [2.45, 2.75) is 71.6 Å². The van der Waals surface area contributed by atoms with E-state index in [9.17, 15) is 9.59 Å². The molecule has 0 radical (unpaired) electrons. The molecule has 0 aromatic heterocycles. The van der Waals surface area contributed by atoms with Crippen molar-refractivity contribution < 1.29 is 19.1 Å². The van der Waals surface area contributed by atoms with Crippen LogP contribution in [0, 0.1) is 0 Å². The lowest BCUT2D eigenvalue weighted by atomic mass is 10.1. The maximum Gasteiger partial charge on any atom is 0.410 e. The second-order valence-electron chi connectivity index (χ2n) is 8.42.